The number of anilines is 1. The van der Waals surface area contributed by atoms with Crippen LogP contribution in [0.15, 0.2) is 48.5 Å². The highest BCUT2D eigenvalue weighted by Gasteiger charge is 2.24. The van der Waals surface area contributed by atoms with Gasteiger partial charge in [-0.15, -0.1) is 0 Å². The van der Waals surface area contributed by atoms with Gasteiger partial charge in [0.05, 0.1) is 5.02 Å². The molecule has 1 aliphatic rings. The van der Waals surface area contributed by atoms with Gasteiger partial charge in [0.15, 0.2) is 6.54 Å². The zero-order valence-corrected chi connectivity index (χ0v) is 14.8. The first kappa shape index (κ1) is 17.9. The number of quaternary nitrogens is 2. The summed E-state index contributed by atoms with van der Waals surface area (Å²) in [4.78, 5) is 15.0. The first-order valence-corrected chi connectivity index (χ1v) is 8.94. The molecule has 0 unspecified atom stereocenters. The zero-order valence-electron chi connectivity index (χ0n) is 14.0. The molecule has 2 aromatic carbocycles. The molecule has 3 N–H and O–H groups in total. The molecule has 1 aliphatic heterocycles. The molecule has 1 amide bonds. The number of rotatable bonds is 5. The van der Waals surface area contributed by atoms with E-state index in [-0.39, 0.29) is 10.9 Å². The SMILES string of the molecule is O=C(C[NH+]1CC[NH+](Cc2ccccc2)CC1)Nc1ccc(F)c(Cl)c1. The van der Waals surface area contributed by atoms with Gasteiger partial charge < -0.3 is 15.1 Å². The van der Waals surface area contributed by atoms with Crippen LogP contribution in [0.25, 0.3) is 0 Å². The van der Waals surface area contributed by atoms with Crippen molar-refractivity contribution in [3.63, 3.8) is 0 Å². The number of nitrogens with one attached hydrogen (secondary N) is 3. The summed E-state index contributed by atoms with van der Waals surface area (Å²) >= 11 is 5.74. The molecule has 0 spiro atoms. The Morgan fingerprint density at radius 3 is 2.40 bits per heavy atom. The van der Waals surface area contributed by atoms with Gasteiger partial charge in [-0.1, -0.05) is 41.9 Å². The van der Waals surface area contributed by atoms with E-state index in [0.29, 0.717) is 12.2 Å². The van der Waals surface area contributed by atoms with Gasteiger partial charge in [0.25, 0.3) is 5.91 Å². The van der Waals surface area contributed by atoms with Crippen molar-refractivity contribution in [2.45, 2.75) is 6.54 Å². The van der Waals surface area contributed by atoms with Crippen LogP contribution in [-0.4, -0.2) is 38.6 Å². The third-order valence-electron chi connectivity index (χ3n) is 4.58. The van der Waals surface area contributed by atoms with Crippen molar-refractivity contribution in [1.29, 1.82) is 0 Å². The second-order valence-corrected chi connectivity index (χ2v) is 6.92. The van der Waals surface area contributed by atoms with Crippen LogP contribution in [0.2, 0.25) is 5.02 Å². The molecule has 0 aromatic heterocycles. The van der Waals surface area contributed by atoms with Crippen molar-refractivity contribution < 1.29 is 19.0 Å². The molecule has 0 atom stereocenters. The highest BCUT2D eigenvalue weighted by molar-refractivity contribution is 6.31. The summed E-state index contributed by atoms with van der Waals surface area (Å²) in [6, 6.07) is 14.7. The van der Waals surface area contributed by atoms with Crippen LogP contribution in [-0.2, 0) is 11.3 Å². The molecule has 0 aliphatic carbocycles. The third-order valence-corrected chi connectivity index (χ3v) is 4.86. The smallest absolute Gasteiger partial charge is 0.279 e. The third kappa shape index (κ3) is 5.26. The molecular weight excluding hydrogens is 341 g/mol. The predicted molar refractivity (Wildman–Crippen MR) is 96.4 cm³/mol. The second kappa shape index (κ2) is 8.43. The molecule has 1 heterocycles. The molecule has 1 saturated heterocycles. The molecule has 25 heavy (non-hydrogen) atoms. The van der Waals surface area contributed by atoms with Crippen LogP contribution in [0.4, 0.5) is 10.1 Å². The average Bonchev–Trinajstić information content (AvgIpc) is 2.61. The van der Waals surface area contributed by atoms with Crippen LogP contribution >= 0.6 is 11.6 Å². The lowest BCUT2D eigenvalue weighted by molar-refractivity contribution is -1.02. The summed E-state index contributed by atoms with van der Waals surface area (Å²) in [5, 5.41) is 2.81. The number of piperazine rings is 1. The van der Waals surface area contributed by atoms with E-state index in [4.69, 9.17) is 11.6 Å². The lowest BCUT2D eigenvalue weighted by Crippen LogP contribution is -3.28. The molecule has 132 valence electrons. The summed E-state index contributed by atoms with van der Waals surface area (Å²) in [6.07, 6.45) is 0. The molecule has 2 aromatic rings. The molecule has 3 rings (SSSR count). The zero-order chi connectivity index (χ0) is 17.6. The Balaban J connectivity index is 1.43. The number of hydrogen-bond donors (Lipinski definition) is 3. The van der Waals surface area contributed by atoms with Crippen molar-refractivity contribution in [3.8, 4) is 0 Å². The maximum absolute atomic E-state index is 13.2. The summed E-state index contributed by atoms with van der Waals surface area (Å²) in [6.45, 7) is 5.52. The van der Waals surface area contributed by atoms with E-state index >= 15 is 0 Å². The van der Waals surface area contributed by atoms with Crippen LogP contribution in [0.5, 0.6) is 0 Å². The predicted octanol–water partition coefficient (Wildman–Crippen LogP) is 0.401. The van der Waals surface area contributed by atoms with Gasteiger partial charge in [0.1, 0.15) is 38.5 Å². The summed E-state index contributed by atoms with van der Waals surface area (Å²) in [5.74, 6) is -0.549. The molecular formula is C19H23ClFN3O+2. The Bertz CT molecular complexity index is 718. The minimum Gasteiger partial charge on any atom is -0.322 e. The number of halogens is 2. The van der Waals surface area contributed by atoms with E-state index in [2.05, 4.69) is 29.6 Å². The maximum atomic E-state index is 13.2. The fourth-order valence-corrected chi connectivity index (χ4v) is 3.38. The summed E-state index contributed by atoms with van der Waals surface area (Å²) < 4.78 is 13.2. The van der Waals surface area contributed by atoms with Gasteiger partial charge in [-0.25, -0.2) is 4.39 Å². The Morgan fingerprint density at radius 2 is 1.72 bits per heavy atom. The Morgan fingerprint density at radius 1 is 1.04 bits per heavy atom. The number of carbonyl (C=O) groups is 1. The lowest BCUT2D eigenvalue weighted by atomic mass is 10.2. The summed E-state index contributed by atoms with van der Waals surface area (Å²) in [5.41, 5.74) is 1.89. The molecule has 6 heteroatoms. The Labute approximate surface area is 152 Å². The van der Waals surface area contributed by atoms with Crippen molar-refractivity contribution in [3.05, 3.63) is 64.9 Å². The van der Waals surface area contributed by atoms with Crippen molar-refractivity contribution in [2.75, 3.05) is 38.0 Å². The lowest BCUT2D eigenvalue weighted by Gasteiger charge is -2.29. The molecule has 1 fully saturated rings. The monoisotopic (exact) mass is 363 g/mol. The highest BCUT2D eigenvalue weighted by atomic mass is 35.5. The molecule has 0 bridgehead atoms. The Hall–Kier alpha value is -1.95. The van der Waals surface area contributed by atoms with Gasteiger partial charge in [-0.3, -0.25) is 4.79 Å². The molecule has 4 nitrogen and oxygen atoms in total. The van der Waals surface area contributed by atoms with Crippen LogP contribution in [0.1, 0.15) is 5.56 Å². The first-order chi connectivity index (χ1) is 12.1. The maximum Gasteiger partial charge on any atom is 0.279 e. The fourth-order valence-electron chi connectivity index (χ4n) is 3.20. The van der Waals surface area contributed by atoms with Gasteiger partial charge in [0, 0.05) is 11.3 Å². The normalized spacial score (nSPS) is 20.2. The first-order valence-electron chi connectivity index (χ1n) is 8.56. The standard InChI is InChI=1S/C19H21ClFN3O/c20-17-12-16(6-7-18(17)21)22-19(25)14-24-10-8-23(9-11-24)13-15-4-2-1-3-5-15/h1-7,12H,8-11,13-14H2,(H,22,25)/p+2. The van der Waals surface area contributed by atoms with E-state index in [1.165, 1.54) is 28.7 Å². The minimum absolute atomic E-state index is 0.0169. The number of amides is 1. The van der Waals surface area contributed by atoms with Crippen LogP contribution in [0.3, 0.4) is 0 Å². The van der Waals surface area contributed by atoms with Gasteiger partial charge in [-0.2, -0.15) is 0 Å². The van der Waals surface area contributed by atoms with Crippen molar-refractivity contribution in [1.82, 2.24) is 0 Å². The quantitative estimate of drug-likeness (QED) is 0.707. The summed E-state index contributed by atoms with van der Waals surface area (Å²) in [7, 11) is 0. The Kier molecular flexibility index (Phi) is 6.02. The average molecular weight is 364 g/mol. The number of hydrogen-bond acceptors (Lipinski definition) is 1. The van der Waals surface area contributed by atoms with Crippen molar-refractivity contribution >= 4 is 23.2 Å². The van der Waals surface area contributed by atoms with E-state index in [1.807, 2.05) is 6.07 Å². The van der Waals surface area contributed by atoms with Gasteiger partial charge >= 0.3 is 0 Å². The minimum atomic E-state index is -0.484. The number of benzene rings is 2. The highest BCUT2D eigenvalue weighted by Crippen LogP contribution is 2.18. The van der Waals surface area contributed by atoms with E-state index in [0.717, 1.165) is 32.7 Å². The second-order valence-electron chi connectivity index (χ2n) is 6.52. The molecule has 0 saturated carbocycles. The van der Waals surface area contributed by atoms with E-state index < -0.39 is 5.82 Å². The van der Waals surface area contributed by atoms with E-state index in [1.54, 1.807) is 4.90 Å². The largest absolute Gasteiger partial charge is 0.322 e. The van der Waals surface area contributed by atoms with Crippen LogP contribution in [0, 0.1) is 5.82 Å². The number of carbonyl (C=O) groups excluding carboxylic acids is 1. The van der Waals surface area contributed by atoms with Crippen molar-refractivity contribution in [2.24, 2.45) is 0 Å². The van der Waals surface area contributed by atoms with E-state index in [9.17, 15) is 9.18 Å². The van der Waals surface area contributed by atoms with Gasteiger partial charge in [0.2, 0.25) is 0 Å². The topological polar surface area (TPSA) is 38.0 Å². The molecule has 0 radical (unpaired) electrons. The van der Waals surface area contributed by atoms with Gasteiger partial charge in [-0.05, 0) is 18.2 Å². The fraction of sp³-hybridized carbons (Fsp3) is 0.316. The van der Waals surface area contributed by atoms with Crippen LogP contribution < -0.4 is 15.1 Å².